The number of benzene rings is 1. The van der Waals surface area contributed by atoms with Crippen molar-refractivity contribution in [1.29, 1.82) is 0 Å². The minimum absolute atomic E-state index is 0.0790. The summed E-state index contributed by atoms with van der Waals surface area (Å²) >= 11 is 1.82. The Bertz CT molecular complexity index is 657. The first-order valence-corrected chi connectivity index (χ1v) is 7.89. The Hall–Kier alpha value is -1.88. The fourth-order valence-electron chi connectivity index (χ4n) is 2.34. The van der Waals surface area contributed by atoms with Gasteiger partial charge in [-0.25, -0.2) is 4.98 Å². The first-order chi connectivity index (χ1) is 10.1. The highest BCUT2D eigenvalue weighted by Gasteiger charge is 2.25. The quantitative estimate of drug-likeness (QED) is 0.810. The molecule has 2 aromatic rings. The van der Waals surface area contributed by atoms with E-state index in [0.29, 0.717) is 17.5 Å². The van der Waals surface area contributed by atoms with Crippen molar-refractivity contribution in [3.05, 3.63) is 48.0 Å². The van der Waals surface area contributed by atoms with Gasteiger partial charge in [-0.3, -0.25) is 9.78 Å². The number of aryl methyl sites for hydroxylation is 1. The van der Waals surface area contributed by atoms with Crippen molar-refractivity contribution in [3.63, 3.8) is 0 Å². The van der Waals surface area contributed by atoms with E-state index in [1.807, 2.05) is 41.8 Å². The lowest BCUT2D eigenvalue weighted by molar-refractivity contribution is 0.0981. The minimum atomic E-state index is -0.0790. The van der Waals surface area contributed by atoms with Gasteiger partial charge >= 0.3 is 0 Å². The SMILES string of the molecule is Cc1cnc(C(=O)N2CC[C@@H](C)Sc3ccccc32)cn1. The van der Waals surface area contributed by atoms with Crippen LogP contribution in [0.1, 0.15) is 29.5 Å². The van der Waals surface area contributed by atoms with Gasteiger partial charge in [-0.15, -0.1) is 11.8 Å². The van der Waals surface area contributed by atoms with Gasteiger partial charge in [0.2, 0.25) is 0 Å². The van der Waals surface area contributed by atoms with E-state index in [2.05, 4.69) is 23.0 Å². The van der Waals surface area contributed by atoms with Crippen LogP contribution in [-0.4, -0.2) is 27.7 Å². The highest BCUT2D eigenvalue weighted by molar-refractivity contribution is 8.00. The van der Waals surface area contributed by atoms with Gasteiger partial charge in [-0.05, 0) is 25.5 Å². The lowest BCUT2D eigenvalue weighted by Crippen LogP contribution is -2.33. The normalized spacial score (nSPS) is 18.0. The molecule has 108 valence electrons. The maximum atomic E-state index is 12.7. The molecule has 0 aliphatic carbocycles. The van der Waals surface area contributed by atoms with Crippen molar-refractivity contribution in [2.45, 2.75) is 30.4 Å². The molecule has 0 fully saturated rings. The molecule has 1 atom stereocenters. The Morgan fingerprint density at radius 2 is 2.10 bits per heavy atom. The van der Waals surface area contributed by atoms with Gasteiger partial charge in [0.15, 0.2) is 0 Å². The van der Waals surface area contributed by atoms with Crippen LogP contribution in [0.4, 0.5) is 5.69 Å². The average molecular weight is 299 g/mol. The number of aromatic nitrogens is 2. The fraction of sp³-hybridized carbons (Fsp3) is 0.312. The Kier molecular flexibility index (Phi) is 3.92. The van der Waals surface area contributed by atoms with Gasteiger partial charge in [0.25, 0.3) is 5.91 Å². The van der Waals surface area contributed by atoms with Crippen molar-refractivity contribution in [2.75, 3.05) is 11.4 Å². The molecule has 1 aliphatic heterocycles. The summed E-state index contributed by atoms with van der Waals surface area (Å²) < 4.78 is 0. The van der Waals surface area contributed by atoms with Crippen molar-refractivity contribution in [3.8, 4) is 0 Å². The predicted octanol–water partition coefficient (Wildman–Crippen LogP) is 3.32. The van der Waals surface area contributed by atoms with Gasteiger partial charge in [0, 0.05) is 22.9 Å². The summed E-state index contributed by atoms with van der Waals surface area (Å²) in [4.78, 5) is 24.1. The molecule has 1 aliphatic rings. The number of rotatable bonds is 1. The van der Waals surface area contributed by atoms with Crippen molar-refractivity contribution in [1.82, 2.24) is 9.97 Å². The third-order valence-electron chi connectivity index (χ3n) is 3.49. The molecule has 0 saturated carbocycles. The second-order valence-corrected chi connectivity index (χ2v) is 6.66. The number of fused-ring (bicyclic) bond motifs is 1. The lowest BCUT2D eigenvalue weighted by atomic mass is 10.2. The van der Waals surface area contributed by atoms with Crippen LogP contribution in [0.3, 0.4) is 0 Å². The van der Waals surface area contributed by atoms with Gasteiger partial charge in [-0.1, -0.05) is 19.1 Å². The third-order valence-corrected chi connectivity index (χ3v) is 4.73. The summed E-state index contributed by atoms with van der Waals surface area (Å²) in [6, 6.07) is 8.05. The Morgan fingerprint density at radius 3 is 2.86 bits per heavy atom. The topological polar surface area (TPSA) is 46.1 Å². The summed E-state index contributed by atoms with van der Waals surface area (Å²) in [6.07, 6.45) is 4.15. The molecule has 0 bridgehead atoms. The van der Waals surface area contributed by atoms with E-state index in [1.54, 1.807) is 12.4 Å². The highest BCUT2D eigenvalue weighted by atomic mass is 32.2. The standard InChI is InChI=1S/C16H17N3OS/c1-11-9-18-13(10-17-11)16(20)19-8-7-12(2)21-15-6-4-3-5-14(15)19/h3-6,9-10,12H,7-8H2,1-2H3/t12-/m1/s1. The molecule has 5 heteroatoms. The van der Waals surface area contributed by atoms with Crippen LogP contribution in [0.15, 0.2) is 41.6 Å². The second-order valence-electron chi connectivity index (χ2n) is 5.18. The molecule has 0 radical (unpaired) electrons. The van der Waals surface area contributed by atoms with Crippen LogP contribution in [0.5, 0.6) is 0 Å². The maximum absolute atomic E-state index is 12.7. The second kappa shape index (κ2) is 5.85. The molecule has 0 N–H and O–H groups in total. The molecule has 0 saturated heterocycles. The summed E-state index contributed by atoms with van der Waals surface area (Å²) in [5.74, 6) is -0.0790. The first-order valence-electron chi connectivity index (χ1n) is 7.01. The molecule has 1 amide bonds. The zero-order chi connectivity index (χ0) is 14.8. The molecule has 0 spiro atoms. The van der Waals surface area contributed by atoms with Crippen molar-refractivity contribution >= 4 is 23.4 Å². The van der Waals surface area contributed by atoms with Crippen LogP contribution in [0.2, 0.25) is 0 Å². The van der Waals surface area contributed by atoms with Gasteiger partial charge in [0.05, 0.1) is 17.6 Å². The number of carbonyl (C=O) groups is 1. The van der Waals surface area contributed by atoms with E-state index in [-0.39, 0.29) is 5.91 Å². The number of hydrogen-bond donors (Lipinski definition) is 0. The molecular weight excluding hydrogens is 282 g/mol. The lowest BCUT2D eigenvalue weighted by Gasteiger charge is -2.21. The van der Waals surface area contributed by atoms with Crippen LogP contribution < -0.4 is 4.90 Å². The first kappa shape index (κ1) is 14.1. The van der Waals surface area contributed by atoms with Crippen LogP contribution in [0.25, 0.3) is 0 Å². The number of amides is 1. The summed E-state index contributed by atoms with van der Waals surface area (Å²) in [5.41, 5.74) is 2.18. The fourth-order valence-corrected chi connectivity index (χ4v) is 3.45. The zero-order valence-electron chi connectivity index (χ0n) is 12.1. The van der Waals surface area contributed by atoms with Gasteiger partial charge in [0.1, 0.15) is 5.69 Å². The summed E-state index contributed by atoms with van der Waals surface area (Å²) in [7, 11) is 0. The molecule has 1 aromatic carbocycles. The predicted molar refractivity (Wildman–Crippen MR) is 84.8 cm³/mol. The molecule has 0 unspecified atom stereocenters. The van der Waals surface area contributed by atoms with Crippen molar-refractivity contribution in [2.24, 2.45) is 0 Å². The molecular formula is C16H17N3OS. The number of thioether (sulfide) groups is 1. The number of para-hydroxylation sites is 1. The maximum Gasteiger partial charge on any atom is 0.278 e. The number of nitrogens with zero attached hydrogens (tertiary/aromatic N) is 3. The molecule has 3 rings (SSSR count). The van der Waals surface area contributed by atoms with Crippen molar-refractivity contribution < 1.29 is 4.79 Å². The monoisotopic (exact) mass is 299 g/mol. The molecule has 2 heterocycles. The molecule has 21 heavy (non-hydrogen) atoms. The van der Waals surface area contributed by atoms with Crippen LogP contribution in [-0.2, 0) is 0 Å². The Labute approximate surface area is 128 Å². The van der Waals surface area contributed by atoms with E-state index < -0.39 is 0 Å². The minimum Gasteiger partial charge on any atom is -0.306 e. The highest BCUT2D eigenvalue weighted by Crippen LogP contribution is 2.37. The zero-order valence-corrected chi connectivity index (χ0v) is 12.9. The third kappa shape index (κ3) is 2.93. The summed E-state index contributed by atoms with van der Waals surface area (Å²) in [6.45, 7) is 4.77. The molecule has 4 nitrogen and oxygen atoms in total. The number of hydrogen-bond acceptors (Lipinski definition) is 4. The largest absolute Gasteiger partial charge is 0.306 e. The van der Waals surface area contributed by atoms with Gasteiger partial charge in [-0.2, -0.15) is 0 Å². The number of anilines is 1. The number of carbonyl (C=O) groups excluding carboxylic acids is 1. The average Bonchev–Trinajstić information content (AvgIpc) is 2.65. The smallest absolute Gasteiger partial charge is 0.278 e. The van der Waals surface area contributed by atoms with Crippen LogP contribution in [0, 0.1) is 6.92 Å². The van der Waals surface area contributed by atoms with E-state index in [1.165, 1.54) is 0 Å². The van der Waals surface area contributed by atoms with E-state index in [0.717, 1.165) is 22.7 Å². The molecule has 1 aromatic heterocycles. The Morgan fingerprint density at radius 1 is 1.29 bits per heavy atom. The summed E-state index contributed by atoms with van der Waals surface area (Å²) in [5, 5.41) is 0.494. The van der Waals surface area contributed by atoms with Gasteiger partial charge < -0.3 is 4.90 Å². The van der Waals surface area contributed by atoms with E-state index in [9.17, 15) is 4.79 Å². The Balaban J connectivity index is 1.97. The van der Waals surface area contributed by atoms with Crippen LogP contribution >= 0.6 is 11.8 Å². The van der Waals surface area contributed by atoms with E-state index in [4.69, 9.17) is 0 Å². The van der Waals surface area contributed by atoms with E-state index >= 15 is 0 Å².